The van der Waals surface area contributed by atoms with Gasteiger partial charge in [0.2, 0.25) is 0 Å². The molecule has 0 aliphatic carbocycles. The monoisotopic (exact) mass is 268 g/mol. The summed E-state index contributed by atoms with van der Waals surface area (Å²) in [6, 6.07) is 7.12. The topological polar surface area (TPSA) is 29.5 Å². The van der Waals surface area contributed by atoms with Gasteiger partial charge in [-0.3, -0.25) is 0 Å². The van der Waals surface area contributed by atoms with Gasteiger partial charge in [0.25, 0.3) is 0 Å². The third-order valence-corrected chi connectivity index (χ3v) is 2.56. The summed E-state index contributed by atoms with van der Waals surface area (Å²) < 4.78 is 45.0. The van der Waals surface area contributed by atoms with Gasteiger partial charge in [0, 0.05) is 6.07 Å². The average molecular weight is 268 g/mol. The van der Waals surface area contributed by atoms with Crippen LogP contribution in [0.2, 0.25) is 0 Å². The molecule has 0 heterocycles. The number of aliphatic hydroxyl groups is 1. The fraction of sp³-hybridized carbons (Fsp3) is 0.143. The summed E-state index contributed by atoms with van der Waals surface area (Å²) >= 11 is 0. The third kappa shape index (κ3) is 3.26. The Morgan fingerprint density at radius 3 is 2.32 bits per heavy atom. The smallest absolute Gasteiger partial charge is 0.132 e. The van der Waals surface area contributed by atoms with Gasteiger partial charge >= 0.3 is 0 Å². The van der Waals surface area contributed by atoms with Crippen molar-refractivity contribution in [3.05, 3.63) is 65.0 Å². The molecular formula is C14H11F3O2. The molecule has 0 aliphatic rings. The van der Waals surface area contributed by atoms with Gasteiger partial charge in [0.15, 0.2) is 0 Å². The fourth-order valence-corrected chi connectivity index (χ4v) is 1.62. The second-order valence-electron chi connectivity index (χ2n) is 3.94. The summed E-state index contributed by atoms with van der Waals surface area (Å²) in [5.41, 5.74) is 0.0984. The summed E-state index contributed by atoms with van der Waals surface area (Å²) in [6.07, 6.45) is 0. The summed E-state index contributed by atoms with van der Waals surface area (Å²) in [7, 11) is 0. The number of halogens is 3. The maximum absolute atomic E-state index is 13.3. The van der Waals surface area contributed by atoms with E-state index in [0.29, 0.717) is 5.56 Å². The minimum Gasteiger partial charge on any atom is -0.489 e. The van der Waals surface area contributed by atoms with Crippen LogP contribution in [0, 0.1) is 17.5 Å². The zero-order chi connectivity index (χ0) is 13.8. The quantitative estimate of drug-likeness (QED) is 0.922. The Hall–Kier alpha value is -2.01. The van der Waals surface area contributed by atoms with E-state index in [0.717, 1.165) is 24.3 Å². The highest BCUT2D eigenvalue weighted by Crippen LogP contribution is 2.20. The van der Waals surface area contributed by atoms with E-state index in [4.69, 9.17) is 9.84 Å². The maximum atomic E-state index is 13.3. The lowest BCUT2D eigenvalue weighted by Gasteiger charge is -2.09. The van der Waals surface area contributed by atoms with E-state index in [1.165, 1.54) is 12.1 Å². The Balaban J connectivity index is 2.16. The zero-order valence-corrected chi connectivity index (χ0v) is 9.87. The molecule has 0 amide bonds. The van der Waals surface area contributed by atoms with Crippen molar-refractivity contribution in [2.45, 2.75) is 13.2 Å². The lowest BCUT2D eigenvalue weighted by atomic mass is 10.2. The highest BCUT2D eigenvalue weighted by Gasteiger charge is 2.09. The molecule has 0 fully saturated rings. The van der Waals surface area contributed by atoms with Crippen LogP contribution in [0.1, 0.15) is 11.1 Å². The molecule has 2 aromatic carbocycles. The molecule has 19 heavy (non-hydrogen) atoms. The van der Waals surface area contributed by atoms with Crippen LogP contribution < -0.4 is 4.74 Å². The van der Waals surface area contributed by atoms with Gasteiger partial charge in [-0.05, 0) is 29.8 Å². The molecule has 0 aromatic heterocycles. The molecule has 0 atom stereocenters. The number of ether oxygens (including phenoxy) is 1. The lowest BCUT2D eigenvalue weighted by molar-refractivity contribution is 0.274. The predicted molar refractivity (Wildman–Crippen MR) is 63.0 cm³/mol. The van der Waals surface area contributed by atoms with E-state index in [9.17, 15) is 13.2 Å². The first-order chi connectivity index (χ1) is 9.10. The van der Waals surface area contributed by atoms with Gasteiger partial charge in [0.1, 0.15) is 29.8 Å². The number of aliphatic hydroxyl groups excluding tert-OH is 1. The number of hydrogen-bond acceptors (Lipinski definition) is 2. The second kappa shape index (κ2) is 5.75. The SMILES string of the molecule is OCc1cc(F)cc(OCc2c(F)cccc2F)c1. The van der Waals surface area contributed by atoms with Crippen molar-refractivity contribution in [3.8, 4) is 5.75 Å². The third-order valence-electron chi connectivity index (χ3n) is 2.56. The molecule has 0 radical (unpaired) electrons. The van der Waals surface area contributed by atoms with Crippen molar-refractivity contribution in [3.63, 3.8) is 0 Å². The van der Waals surface area contributed by atoms with E-state index in [1.807, 2.05) is 0 Å². The lowest BCUT2D eigenvalue weighted by Crippen LogP contribution is -2.02. The first kappa shape index (κ1) is 13.4. The van der Waals surface area contributed by atoms with Crippen molar-refractivity contribution in [1.82, 2.24) is 0 Å². The normalized spacial score (nSPS) is 10.5. The summed E-state index contributed by atoms with van der Waals surface area (Å²) in [5, 5.41) is 8.92. The Kier molecular flexibility index (Phi) is 4.06. The van der Waals surface area contributed by atoms with Crippen LogP contribution in [-0.2, 0) is 13.2 Å². The highest BCUT2D eigenvalue weighted by atomic mass is 19.1. The molecule has 1 N–H and O–H groups in total. The summed E-state index contributed by atoms with van der Waals surface area (Å²) in [6.45, 7) is -0.699. The van der Waals surface area contributed by atoms with Gasteiger partial charge < -0.3 is 9.84 Å². The van der Waals surface area contributed by atoms with Crippen LogP contribution in [0.5, 0.6) is 5.75 Å². The van der Waals surface area contributed by atoms with Crippen LogP contribution in [0.15, 0.2) is 36.4 Å². The molecule has 0 saturated heterocycles. The number of rotatable bonds is 4. The minimum absolute atomic E-state index is 0.103. The van der Waals surface area contributed by atoms with E-state index in [-0.39, 0.29) is 24.5 Å². The van der Waals surface area contributed by atoms with Gasteiger partial charge in [0.05, 0.1) is 12.2 Å². The molecule has 2 nitrogen and oxygen atoms in total. The Labute approximate surface area is 108 Å². The first-order valence-electron chi connectivity index (χ1n) is 5.56. The molecule has 0 aliphatic heterocycles. The second-order valence-corrected chi connectivity index (χ2v) is 3.94. The molecule has 0 spiro atoms. The minimum atomic E-state index is -0.723. The van der Waals surface area contributed by atoms with Crippen LogP contribution in [0.4, 0.5) is 13.2 Å². The van der Waals surface area contributed by atoms with Gasteiger partial charge in [-0.15, -0.1) is 0 Å². The van der Waals surface area contributed by atoms with E-state index < -0.39 is 17.5 Å². The molecule has 0 unspecified atom stereocenters. The number of hydrogen-bond donors (Lipinski definition) is 1. The van der Waals surface area contributed by atoms with E-state index in [1.54, 1.807) is 0 Å². The van der Waals surface area contributed by atoms with Crippen molar-refractivity contribution < 1.29 is 23.0 Å². The van der Waals surface area contributed by atoms with Crippen LogP contribution >= 0.6 is 0 Å². The van der Waals surface area contributed by atoms with Crippen molar-refractivity contribution >= 4 is 0 Å². The Morgan fingerprint density at radius 1 is 1.00 bits per heavy atom. The van der Waals surface area contributed by atoms with Crippen molar-refractivity contribution in [2.24, 2.45) is 0 Å². The van der Waals surface area contributed by atoms with Crippen LogP contribution in [0.3, 0.4) is 0 Å². The average Bonchev–Trinajstić information content (AvgIpc) is 2.37. The predicted octanol–water partition coefficient (Wildman–Crippen LogP) is 3.18. The summed E-state index contributed by atoms with van der Waals surface area (Å²) in [5.74, 6) is -1.93. The highest BCUT2D eigenvalue weighted by molar-refractivity contribution is 5.30. The molecular weight excluding hydrogens is 257 g/mol. The van der Waals surface area contributed by atoms with Crippen molar-refractivity contribution in [1.29, 1.82) is 0 Å². The first-order valence-corrected chi connectivity index (χ1v) is 5.56. The van der Waals surface area contributed by atoms with Crippen LogP contribution in [0.25, 0.3) is 0 Å². The standard InChI is InChI=1S/C14H11F3O2/c15-10-4-9(7-18)5-11(6-10)19-8-12-13(16)2-1-3-14(12)17/h1-6,18H,7-8H2. The van der Waals surface area contributed by atoms with Gasteiger partial charge in [-0.2, -0.15) is 0 Å². The Bertz CT molecular complexity index is 565. The zero-order valence-electron chi connectivity index (χ0n) is 9.87. The van der Waals surface area contributed by atoms with Crippen LogP contribution in [-0.4, -0.2) is 5.11 Å². The van der Waals surface area contributed by atoms with Gasteiger partial charge in [-0.1, -0.05) is 6.07 Å². The molecule has 2 aromatic rings. The molecule has 2 rings (SSSR count). The van der Waals surface area contributed by atoms with E-state index in [2.05, 4.69) is 0 Å². The largest absolute Gasteiger partial charge is 0.489 e. The molecule has 0 saturated carbocycles. The Morgan fingerprint density at radius 2 is 1.68 bits per heavy atom. The van der Waals surface area contributed by atoms with Gasteiger partial charge in [-0.25, -0.2) is 13.2 Å². The molecule has 5 heteroatoms. The molecule has 0 bridgehead atoms. The summed E-state index contributed by atoms with van der Waals surface area (Å²) in [4.78, 5) is 0. The van der Waals surface area contributed by atoms with E-state index >= 15 is 0 Å². The maximum Gasteiger partial charge on any atom is 0.132 e. The molecule has 100 valence electrons. The fourth-order valence-electron chi connectivity index (χ4n) is 1.62. The number of benzene rings is 2. The van der Waals surface area contributed by atoms with Crippen molar-refractivity contribution in [2.75, 3.05) is 0 Å².